The van der Waals surface area contributed by atoms with Gasteiger partial charge in [0.1, 0.15) is 5.41 Å². The number of hydrogen-bond acceptors (Lipinski definition) is 5. The van der Waals surface area contributed by atoms with Crippen molar-refractivity contribution in [1.29, 1.82) is 0 Å². The molecule has 0 radical (unpaired) electrons. The van der Waals surface area contributed by atoms with Gasteiger partial charge in [-0.3, -0.25) is 19.7 Å². The number of carbonyl (C=O) groups is 2. The highest BCUT2D eigenvalue weighted by atomic mass is 16.6. The minimum absolute atomic E-state index is 0.0993. The number of benzene rings is 2. The third kappa shape index (κ3) is 2.69. The number of carbonyl (C=O) groups excluding carboxylic acids is 2. The van der Waals surface area contributed by atoms with E-state index in [-0.39, 0.29) is 6.42 Å². The molecule has 128 valence electrons. The van der Waals surface area contributed by atoms with Crippen LogP contribution < -0.4 is 0 Å². The molecule has 2 aromatic rings. The Balaban J connectivity index is 2.19. The summed E-state index contributed by atoms with van der Waals surface area (Å²) in [5.41, 5.74) is 0.0949. The molecule has 0 aliphatic heterocycles. The molecule has 2 aromatic carbocycles. The predicted molar refractivity (Wildman–Crippen MR) is 90.0 cm³/mol. The van der Waals surface area contributed by atoms with Crippen molar-refractivity contribution < 1.29 is 19.2 Å². The van der Waals surface area contributed by atoms with Crippen molar-refractivity contribution in [3.63, 3.8) is 0 Å². The van der Waals surface area contributed by atoms with Crippen molar-refractivity contribution in [1.82, 2.24) is 0 Å². The smallest absolute Gasteiger partial charge is 0.320 e. The topological polar surface area (TPSA) is 86.5 Å². The van der Waals surface area contributed by atoms with Crippen LogP contribution in [0.2, 0.25) is 0 Å². The summed E-state index contributed by atoms with van der Waals surface area (Å²) in [6.45, 7) is -0.529. The Morgan fingerprint density at radius 2 is 1.84 bits per heavy atom. The number of esters is 1. The second kappa shape index (κ2) is 6.47. The van der Waals surface area contributed by atoms with Crippen LogP contribution in [0.15, 0.2) is 54.6 Å². The van der Waals surface area contributed by atoms with E-state index in [1.165, 1.54) is 7.11 Å². The molecular weight excluding hydrogens is 322 g/mol. The van der Waals surface area contributed by atoms with E-state index in [9.17, 15) is 19.7 Å². The summed E-state index contributed by atoms with van der Waals surface area (Å²) in [5, 5.41) is 11.3. The van der Waals surface area contributed by atoms with Crippen LogP contribution in [0.1, 0.15) is 27.4 Å². The number of nitro groups is 1. The van der Waals surface area contributed by atoms with Gasteiger partial charge in [0.25, 0.3) is 0 Å². The fourth-order valence-electron chi connectivity index (χ4n) is 3.67. The standard InChI is InChI=1S/C19H17NO5/c1-25-18(22)19(11-14-9-5-6-10-15(14)17(19)21)16(12-20(23)24)13-7-3-2-4-8-13/h2-10,16H,11-12H2,1H3/t16-,19-/m1/s1. The molecular formula is C19H17NO5. The molecule has 0 aromatic heterocycles. The quantitative estimate of drug-likeness (QED) is 0.362. The van der Waals surface area contributed by atoms with Crippen LogP contribution >= 0.6 is 0 Å². The Labute approximate surface area is 144 Å². The Bertz CT molecular complexity index is 833. The molecule has 2 atom stereocenters. The maximum atomic E-state index is 13.2. The number of Topliss-reactive ketones (excluding diaryl/α,β-unsaturated/α-hetero) is 1. The number of rotatable bonds is 5. The molecule has 1 aliphatic carbocycles. The van der Waals surface area contributed by atoms with E-state index >= 15 is 0 Å². The van der Waals surface area contributed by atoms with E-state index in [0.717, 1.165) is 0 Å². The van der Waals surface area contributed by atoms with Gasteiger partial charge in [0, 0.05) is 10.5 Å². The second-order valence-electron chi connectivity index (χ2n) is 6.10. The fourth-order valence-corrected chi connectivity index (χ4v) is 3.67. The Morgan fingerprint density at radius 1 is 1.20 bits per heavy atom. The molecule has 0 spiro atoms. The van der Waals surface area contributed by atoms with Crippen LogP contribution in [0.4, 0.5) is 0 Å². The molecule has 0 heterocycles. The lowest BCUT2D eigenvalue weighted by Crippen LogP contribution is -2.46. The van der Waals surface area contributed by atoms with Gasteiger partial charge in [-0.1, -0.05) is 54.6 Å². The van der Waals surface area contributed by atoms with Crippen LogP contribution in [0.5, 0.6) is 0 Å². The molecule has 0 amide bonds. The highest BCUT2D eigenvalue weighted by molar-refractivity contribution is 6.16. The van der Waals surface area contributed by atoms with Gasteiger partial charge in [-0.05, 0) is 17.5 Å². The predicted octanol–water partition coefficient (Wildman–Crippen LogP) is 2.65. The lowest BCUT2D eigenvalue weighted by atomic mass is 9.69. The molecule has 0 fully saturated rings. The van der Waals surface area contributed by atoms with Crippen molar-refractivity contribution in [3.8, 4) is 0 Å². The second-order valence-corrected chi connectivity index (χ2v) is 6.10. The molecule has 1 aliphatic rings. The average Bonchev–Trinajstić information content (AvgIpc) is 2.93. The van der Waals surface area contributed by atoms with E-state index in [2.05, 4.69) is 0 Å². The molecule has 6 heteroatoms. The third-order valence-electron chi connectivity index (χ3n) is 4.81. The maximum Gasteiger partial charge on any atom is 0.320 e. The molecule has 3 rings (SSSR count). The minimum Gasteiger partial charge on any atom is -0.468 e. The number of hydrogen-bond donors (Lipinski definition) is 0. The lowest BCUT2D eigenvalue weighted by Gasteiger charge is -2.31. The monoisotopic (exact) mass is 339 g/mol. The number of ether oxygens (including phenoxy) is 1. The summed E-state index contributed by atoms with van der Waals surface area (Å²) in [6, 6.07) is 15.6. The van der Waals surface area contributed by atoms with Crippen LogP contribution in [-0.2, 0) is 16.0 Å². The van der Waals surface area contributed by atoms with Crippen molar-refractivity contribution >= 4 is 11.8 Å². The fraction of sp³-hybridized carbons (Fsp3) is 0.263. The zero-order chi connectivity index (χ0) is 18.0. The number of methoxy groups -OCH3 is 1. The number of fused-ring (bicyclic) bond motifs is 1. The molecule has 6 nitrogen and oxygen atoms in total. The zero-order valence-electron chi connectivity index (χ0n) is 13.7. The first-order chi connectivity index (χ1) is 12.0. The summed E-state index contributed by atoms with van der Waals surface area (Å²) in [5.74, 6) is -2.05. The van der Waals surface area contributed by atoms with Gasteiger partial charge in [0.15, 0.2) is 5.78 Å². The van der Waals surface area contributed by atoms with Crippen LogP contribution in [0.25, 0.3) is 0 Å². The van der Waals surface area contributed by atoms with E-state index in [1.54, 1.807) is 54.6 Å². The van der Waals surface area contributed by atoms with Crippen LogP contribution in [-0.4, -0.2) is 30.3 Å². The number of nitrogens with zero attached hydrogens (tertiary/aromatic N) is 1. The highest BCUT2D eigenvalue weighted by Crippen LogP contribution is 2.48. The maximum absolute atomic E-state index is 13.2. The molecule has 0 unspecified atom stereocenters. The minimum atomic E-state index is -1.62. The Morgan fingerprint density at radius 3 is 2.44 bits per heavy atom. The first kappa shape index (κ1) is 16.8. The Hall–Kier alpha value is -3.02. The summed E-state index contributed by atoms with van der Waals surface area (Å²) < 4.78 is 4.94. The van der Waals surface area contributed by atoms with Crippen molar-refractivity contribution in [2.24, 2.45) is 5.41 Å². The van der Waals surface area contributed by atoms with E-state index in [1.807, 2.05) is 0 Å². The molecule has 0 saturated heterocycles. The van der Waals surface area contributed by atoms with E-state index < -0.39 is 34.6 Å². The summed E-state index contributed by atoms with van der Waals surface area (Å²) >= 11 is 0. The molecule has 0 saturated carbocycles. The van der Waals surface area contributed by atoms with Crippen LogP contribution in [0.3, 0.4) is 0 Å². The highest BCUT2D eigenvalue weighted by Gasteiger charge is 2.59. The first-order valence-electron chi connectivity index (χ1n) is 7.88. The van der Waals surface area contributed by atoms with Gasteiger partial charge in [-0.15, -0.1) is 0 Å². The lowest BCUT2D eigenvalue weighted by molar-refractivity contribution is -0.485. The van der Waals surface area contributed by atoms with Gasteiger partial charge in [0.05, 0.1) is 13.0 Å². The van der Waals surface area contributed by atoms with E-state index in [4.69, 9.17) is 4.74 Å². The zero-order valence-corrected chi connectivity index (χ0v) is 13.7. The van der Waals surface area contributed by atoms with Gasteiger partial charge in [-0.2, -0.15) is 0 Å². The summed E-state index contributed by atoms with van der Waals surface area (Å²) in [7, 11) is 1.20. The van der Waals surface area contributed by atoms with Gasteiger partial charge < -0.3 is 4.74 Å². The van der Waals surface area contributed by atoms with E-state index in [0.29, 0.717) is 16.7 Å². The van der Waals surface area contributed by atoms with Crippen LogP contribution in [0, 0.1) is 15.5 Å². The largest absolute Gasteiger partial charge is 0.468 e. The van der Waals surface area contributed by atoms with Gasteiger partial charge in [-0.25, -0.2) is 0 Å². The first-order valence-corrected chi connectivity index (χ1v) is 7.88. The van der Waals surface area contributed by atoms with Gasteiger partial charge in [0.2, 0.25) is 6.54 Å². The van der Waals surface area contributed by atoms with Crippen molar-refractivity contribution in [2.45, 2.75) is 12.3 Å². The normalized spacial score (nSPS) is 20.0. The Kier molecular flexibility index (Phi) is 4.35. The third-order valence-corrected chi connectivity index (χ3v) is 4.81. The SMILES string of the molecule is COC(=O)[C@@]1([C@H](C[N+](=O)[O-])c2ccccc2)Cc2ccccc2C1=O. The number of ketones is 1. The summed E-state index contributed by atoms with van der Waals surface area (Å²) in [4.78, 5) is 36.8. The van der Waals surface area contributed by atoms with Gasteiger partial charge >= 0.3 is 5.97 Å². The average molecular weight is 339 g/mol. The van der Waals surface area contributed by atoms with Crippen molar-refractivity contribution in [2.75, 3.05) is 13.7 Å². The molecule has 0 N–H and O–H groups in total. The summed E-state index contributed by atoms with van der Waals surface area (Å²) in [6.07, 6.45) is 0.0993. The molecule has 25 heavy (non-hydrogen) atoms. The molecule has 0 bridgehead atoms. The van der Waals surface area contributed by atoms with Crippen molar-refractivity contribution in [3.05, 3.63) is 81.4 Å².